The molecule has 2 aliphatic heterocycles. The van der Waals surface area contributed by atoms with Gasteiger partial charge in [0, 0.05) is 36.4 Å². The fourth-order valence-corrected chi connectivity index (χ4v) is 5.49. The maximum atomic E-state index is 13.3. The zero-order valence-corrected chi connectivity index (χ0v) is 17.8. The molecule has 2 aromatic carbocycles. The van der Waals surface area contributed by atoms with Crippen LogP contribution in [-0.4, -0.2) is 38.6 Å². The number of hydrogen-bond acceptors (Lipinski definition) is 3. The lowest BCUT2D eigenvalue weighted by atomic mass is 9.76. The van der Waals surface area contributed by atoms with Crippen molar-refractivity contribution >= 4 is 21.4 Å². The lowest BCUT2D eigenvalue weighted by Gasteiger charge is -2.43. The summed E-state index contributed by atoms with van der Waals surface area (Å²) in [4.78, 5) is 1.69. The van der Waals surface area contributed by atoms with Crippen molar-refractivity contribution in [3.05, 3.63) is 59.2 Å². The molecule has 0 bridgehead atoms. The molecule has 2 aromatic rings. The van der Waals surface area contributed by atoms with Gasteiger partial charge in [-0.2, -0.15) is 26.3 Å². The minimum absolute atomic E-state index is 0.138. The number of hydrogen-bond donors (Lipinski definition) is 0. The summed E-state index contributed by atoms with van der Waals surface area (Å²) in [6, 6.07) is 7.75. The molecule has 1 fully saturated rings. The summed E-state index contributed by atoms with van der Waals surface area (Å²) in [5.74, 6) is 0. The number of nitrogens with zero attached hydrogens (tertiary/aromatic N) is 2. The molecule has 1 spiro atoms. The van der Waals surface area contributed by atoms with Gasteiger partial charge in [-0.05, 0) is 60.9 Å². The molecule has 1 unspecified atom stereocenters. The number of fused-ring (bicyclic) bond motifs is 1. The molecule has 0 amide bonds. The Labute approximate surface area is 181 Å². The highest BCUT2D eigenvalue weighted by Gasteiger charge is 2.46. The van der Waals surface area contributed by atoms with E-state index in [0.717, 1.165) is 30.5 Å². The Bertz CT molecular complexity index is 1130. The van der Waals surface area contributed by atoms with Crippen LogP contribution in [0.15, 0.2) is 42.5 Å². The van der Waals surface area contributed by atoms with E-state index in [4.69, 9.17) is 0 Å². The predicted molar refractivity (Wildman–Crippen MR) is 107 cm³/mol. The maximum absolute atomic E-state index is 13.3. The lowest BCUT2D eigenvalue weighted by Crippen LogP contribution is -2.44. The topological polar surface area (TPSA) is 40.6 Å². The lowest BCUT2D eigenvalue weighted by molar-refractivity contribution is -0.138. The summed E-state index contributed by atoms with van der Waals surface area (Å²) in [5, 5.41) is 0. The van der Waals surface area contributed by atoms with Crippen LogP contribution in [0.25, 0.3) is 0 Å². The van der Waals surface area contributed by atoms with Crippen molar-refractivity contribution < 1.29 is 34.8 Å². The maximum Gasteiger partial charge on any atom is 0.416 e. The van der Waals surface area contributed by atoms with Crippen LogP contribution in [0.1, 0.15) is 23.1 Å². The predicted octanol–water partition coefficient (Wildman–Crippen LogP) is 5.07. The summed E-state index contributed by atoms with van der Waals surface area (Å²) in [6.45, 7) is 0.662. The van der Waals surface area contributed by atoms with Crippen molar-refractivity contribution in [3.63, 3.8) is 0 Å². The Morgan fingerprint density at radius 1 is 0.875 bits per heavy atom. The van der Waals surface area contributed by atoms with E-state index in [-0.39, 0.29) is 26.1 Å². The van der Waals surface area contributed by atoms with E-state index in [1.165, 1.54) is 22.5 Å². The van der Waals surface area contributed by atoms with Gasteiger partial charge in [-0.15, -0.1) is 0 Å². The van der Waals surface area contributed by atoms with E-state index in [2.05, 4.69) is 0 Å². The van der Waals surface area contributed by atoms with Gasteiger partial charge in [0.1, 0.15) is 0 Å². The Hall–Kier alpha value is -2.27. The summed E-state index contributed by atoms with van der Waals surface area (Å²) in [7, 11) is -3.48. The minimum Gasteiger partial charge on any atom is -0.341 e. The number of benzene rings is 2. The molecule has 2 aliphatic rings. The highest BCUT2D eigenvalue weighted by Crippen LogP contribution is 2.47. The summed E-state index contributed by atoms with van der Waals surface area (Å²) < 4.78 is 104. The van der Waals surface area contributed by atoms with Crippen molar-refractivity contribution in [1.29, 1.82) is 0 Å². The molecule has 32 heavy (non-hydrogen) atoms. The van der Waals surface area contributed by atoms with Gasteiger partial charge in [0.15, 0.2) is 0 Å². The Balaban J connectivity index is 1.78. The van der Waals surface area contributed by atoms with Gasteiger partial charge < -0.3 is 4.90 Å². The van der Waals surface area contributed by atoms with E-state index in [0.29, 0.717) is 23.4 Å². The highest BCUT2D eigenvalue weighted by molar-refractivity contribution is 7.88. The number of anilines is 2. The van der Waals surface area contributed by atoms with Crippen LogP contribution in [0.3, 0.4) is 0 Å². The van der Waals surface area contributed by atoms with Gasteiger partial charge in [0.05, 0.1) is 17.4 Å². The number of sulfonamides is 1. The molecule has 4 rings (SSSR count). The Kier molecular flexibility index (Phi) is 5.28. The molecule has 0 saturated carbocycles. The summed E-state index contributed by atoms with van der Waals surface area (Å²) in [6.07, 6.45) is -7.30. The van der Waals surface area contributed by atoms with E-state index in [1.54, 1.807) is 4.90 Å². The first-order valence-corrected chi connectivity index (χ1v) is 11.6. The average molecular weight is 478 g/mol. The van der Waals surface area contributed by atoms with Gasteiger partial charge in [0.2, 0.25) is 10.0 Å². The molecular weight excluding hydrogens is 458 g/mol. The fourth-order valence-electron chi connectivity index (χ4n) is 4.56. The zero-order chi connectivity index (χ0) is 23.5. The van der Waals surface area contributed by atoms with Gasteiger partial charge >= 0.3 is 12.4 Å². The second kappa shape index (κ2) is 7.38. The first kappa shape index (κ1) is 22.9. The average Bonchev–Trinajstić information content (AvgIpc) is 3.09. The third-order valence-corrected chi connectivity index (χ3v) is 7.38. The molecule has 2 heterocycles. The Morgan fingerprint density at radius 3 is 2.00 bits per heavy atom. The van der Waals surface area contributed by atoms with E-state index < -0.39 is 38.9 Å². The van der Waals surface area contributed by atoms with Crippen molar-refractivity contribution in [3.8, 4) is 0 Å². The van der Waals surface area contributed by atoms with Gasteiger partial charge in [-0.3, -0.25) is 0 Å². The van der Waals surface area contributed by atoms with Gasteiger partial charge in [-0.25, -0.2) is 12.7 Å². The summed E-state index contributed by atoms with van der Waals surface area (Å²) >= 11 is 0. The second-order valence-electron chi connectivity index (χ2n) is 8.50. The van der Waals surface area contributed by atoms with Gasteiger partial charge in [-0.1, -0.05) is 0 Å². The number of alkyl halides is 6. The van der Waals surface area contributed by atoms with Crippen LogP contribution in [0.4, 0.5) is 37.7 Å². The standard InChI is InChI=1S/C21H20F6N2O2S/c1-32(30,31)28-9-8-19(12-28)11-14-10-16(21(25,26)27)4-7-18(14)29(13-19)17-5-2-15(3-6-17)20(22,23)24/h2-7,10H,8-9,11-13H2,1H3. The zero-order valence-electron chi connectivity index (χ0n) is 17.0. The van der Waals surface area contributed by atoms with Crippen molar-refractivity contribution in [2.75, 3.05) is 30.8 Å². The smallest absolute Gasteiger partial charge is 0.341 e. The molecule has 1 saturated heterocycles. The molecule has 4 nitrogen and oxygen atoms in total. The van der Waals surface area contributed by atoms with E-state index >= 15 is 0 Å². The normalized spacial score (nSPS) is 22.4. The third-order valence-electron chi connectivity index (χ3n) is 6.14. The van der Waals surface area contributed by atoms with Crippen LogP contribution in [-0.2, 0) is 28.8 Å². The van der Waals surface area contributed by atoms with E-state index in [1.807, 2.05) is 0 Å². The molecule has 0 aromatic heterocycles. The summed E-state index contributed by atoms with van der Waals surface area (Å²) in [5.41, 5.74) is -1.04. The quantitative estimate of drug-likeness (QED) is 0.566. The molecular formula is C21H20F6N2O2S. The van der Waals surface area contributed by atoms with Crippen molar-refractivity contribution in [2.24, 2.45) is 5.41 Å². The highest BCUT2D eigenvalue weighted by atomic mass is 32.2. The SMILES string of the molecule is CS(=O)(=O)N1CCC2(Cc3cc(C(F)(F)F)ccc3N(c3ccc(C(F)(F)F)cc3)C2)C1. The molecule has 174 valence electrons. The molecule has 0 N–H and O–H groups in total. The van der Waals surface area contributed by atoms with Crippen LogP contribution in [0.2, 0.25) is 0 Å². The number of rotatable bonds is 2. The number of halogens is 6. The molecule has 11 heteroatoms. The fraction of sp³-hybridized carbons (Fsp3) is 0.429. The second-order valence-corrected chi connectivity index (χ2v) is 10.5. The van der Waals surface area contributed by atoms with Crippen LogP contribution in [0.5, 0.6) is 0 Å². The monoisotopic (exact) mass is 478 g/mol. The van der Waals surface area contributed by atoms with Crippen LogP contribution >= 0.6 is 0 Å². The first-order chi connectivity index (χ1) is 14.7. The minimum atomic E-state index is -4.55. The molecule has 0 radical (unpaired) electrons. The largest absolute Gasteiger partial charge is 0.416 e. The van der Waals surface area contributed by atoms with Crippen molar-refractivity contribution in [2.45, 2.75) is 25.2 Å². The van der Waals surface area contributed by atoms with E-state index in [9.17, 15) is 34.8 Å². The van der Waals surface area contributed by atoms with Crippen LogP contribution in [0, 0.1) is 5.41 Å². The molecule has 0 aliphatic carbocycles. The van der Waals surface area contributed by atoms with Crippen molar-refractivity contribution in [1.82, 2.24) is 4.31 Å². The Morgan fingerprint density at radius 2 is 1.47 bits per heavy atom. The van der Waals surface area contributed by atoms with Crippen LogP contribution < -0.4 is 4.90 Å². The third kappa shape index (κ3) is 4.32. The first-order valence-electron chi connectivity index (χ1n) is 9.78. The molecule has 1 atom stereocenters. The van der Waals surface area contributed by atoms with Gasteiger partial charge in [0.25, 0.3) is 0 Å².